The smallest absolute Gasteiger partial charge is 0.341 e. The van der Waals surface area contributed by atoms with E-state index in [2.05, 4.69) is 20.3 Å². The summed E-state index contributed by atoms with van der Waals surface area (Å²) < 4.78 is 43.3. The largest absolute Gasteiger partial charge is 0.355 e. The fourth-order valence-electron chi connectivity index (χ4n) is 2.89. The van der Waals surface area contributed by atoms with Crippen molar-refractivity contribution < 1.29 is 18.0 Å². The number of pyridine rings is 1. The minimum absolute atomic E-state index is 0.0133. The van der Waals surface area contributed by atoms with E-state index in [9.17, 15) is 22.8 Å². The number of amides is 1. The Hall–Kier alpha value is -3.74. The fraction of sp³-hybridized carbons (Fsp3) is 0.211. The van der Waals surface area contributed by atoms with Crippen molar-refractivity contribution in [2.45, 2.75) is 25.8 Å². The molecule has 0 aliphatic heterocycles. The number of nitrogens with zero attached hydrogens (tertiary/aromatic N) is 3. The molecule has 1 amide bonds. The summed E-state index contributed by atoms with van der Waals surface area (Å²) >= 11 is 0. The van der Waals surface area contributed by atoms with Gasteiger partial charge in [-0.1, -0.05) is 0 Å². The van der Waals surface area contributed by atoms with Crippen molar-refractivity contribution in [1.82, 2.24) is 20.3 Å². The van der Waals surface area contributed by atoms with E-state index >= 15 is 0 Å². The predicted molar refractivity (Wildman–Crippen MR) is 96.5 cm³/mol. The molecule has 0 fully saturated rings. The van der Waals surface area contributed by atoms with Crippen molar-refractivity contribution >= 4 is 16.8 Å². The number of fused-ring (bicyclic) bond motifs is 1. The van der Waals surface area contributed by atoms with Crippen LogP contribution in [0, 0.1) is 24.1 Å². The number of hydrogen-bond donors (Lipinski definition) is 2. The average molecular weight is 401 g/mol. The van der Waals surface area contributed by atoms with Crippen molar-refractivity contribution in [1.29, 1.82) is 5.26 Å². The number of benzene rings is 1. The van der Waals surface area contributed by atoms with Gasteiger partial charge in [0.05, 0.1) is 17.2 Å². The van der Waals surface area contributed by atoms with E-state index in [1.165, 1.54) is 32.3 Å². The van der Waals surface area contributed by atoms with E-state index in [4.69, 9.17) is 5.26 Å². The maximum absolute atomic E-state index is 14.9. The Bertz CT molecular complexity index is 1200. The third-order valence-corrected chi connectivity index (χ3v) is 4.37. The van der Waals surface area contributed by atoms with Crippen LogP contribution < -0.4 is 10.9 Å². The second-order valence-electron chi connectivity index (χ2n) is 6.36. The number of alkyl halides is 2. The highest BCUT2D eigenvalue weighted by Gasteiger charge is 2.45. The maximum atomic E-state index is 14.9. The van der Waals surface area contributed by atoms with Crippen LogP contribution in [-0.4, -0.2) is 20.9 Å². The van der Waals surface area contributed by atoms with Gasteiger partial charge in [-0.3, -0.25) is 9.59 Å². The lowest BCUT2D eigenvalue weighted by Crippen LogP contribution is -2.43. The van der Waals surface area contributed by atoms with Crippen molar-refractivity contribution in [3.05, 3.63) is 69.3 Å². The van der Waals surface area contributed by atoms with Crippen LogP contribution in [0.15, 0.2) is 35.4 Å². The SMILES string of the molecule is Cc1c(C(F)(F)C(=O)N[C@@H](C)c2ncc(C#N)cn2)c(=O)[nH]c2ccc(F)cc12. The van der Waals surface area contributed by atoms with Crippen molar-refractivity contribution in [3.63, 3.8) is 0 Å². The standard InChI is InChI=1S/C19H14F3N5O2/c1-9-13-5-12(20)3-4-14(13)27-17(28)15(9)19(21,22)18(29)26-10(2)16-24-7-11(6-23)8-25-16/h3-5,7-8,10H,1-2H3,(H,26,29)(H,27,28)/t10-/m0/s1. The van der Waals surface area contributed by atoms with Crippen molar-refractivity contribution in [2.75, 3.05) is 0 Å². The summed E-state index contributed by atoms with van der Waals surface area (Å²) in [6.45, 7) is 2.60. The van der Waals surface area contributed by atoms with Crippen LogP contribution >= 0.6 is 0 Å². The molecule has 3 aromatic rings. The monoisotopic (exact) mass is 401 g/mol. The quantitative estimate of drug-likeness (QED) is 0.698. The summed E-state index contributed by atoms with van der Waals surface area (Å²) in [5.74, 6) is -6.58. The highest BCUT2D eigenvalue weighted by atomic mass is 19.3. The first-order chi connectivity index (χ1) is 13.6. The predicted octanol–water partition coefficient (Wildman–Crippen LogP) is 2.61. The lowest BCUT2D eigenvalue weighted by Gasteiger charge is -2.21. The van der Waals surface area contributed by atoms with E-state index < -0.39 is 34.8 Å². The summed E-state index contributed by atoms with van der Waals surface area (Å²) in [7, 11) is 0. The average Bonchev–Trinajstić information content (AvgIpc) is 2.68. The van der Waals surface area contributed by atoms with Gasteiger partial charge in [-0.05, 0) is 37.6 Å². The molecule has 0 saturated heterocycles. The summed E-state index contributed by atoms with van der Waals surface area (Å²) in [6.07, 6.45) is 2.38. The van der Waals surface area contributed by atoms with Crippen LogP contribution in [0.4, 0.5) is 13.2 Å². The Labute approximate surface area is 162 Å². The molecular weight excluding hydrogens is 387 g/mol. The summed E-state index contributed by atoms with van der Waals surface area (Å²) in [5, 5.41) is 10.9. The zero-order valence-electron chi connectivity index (χ0n) is 15.3. The zero-order valence-corrected chi connectivity index (χ0v) is 15.3. The molecule has 0 radical (unpaired) electrons. The first-order valence-electron chi connectivity index (χ1n) is 8.38. The molecule has 2 heterocycles. The fourth-order valence-corrected chi connectivity index (χ4v) is 2.89. The Balaban J connectivity index is 1.96. The van der Waals surface area contributed by atoms with Crippen LogP contribution in [0.25, 0.3) is 10.9 Å². The molecule has 0 bridgehead atoms. The van der Waals surface area contributed by atoms with Gasteiger partial charge in [0.1, 0.15) is 17.7 Å². The molecule has 7 nitrogen and oxygen atoms in total. The number of aromatic nitrogens is 3. The molecular formula is C19H14F3N5O2. The van der Waals surface area contributed by atoms with E-state index in [-0.39, 0.29) is 27.9 Å². The second kappa shape index (κ2) is 7.35. The normalized spacial score (nSPS) is 12.4. The van der Waals surface area contributed by atoms with Gasteiger partial charge in [0.25, 0.3) is 11.5 Å². The molecule has 0 spiro atoms. The molecule has 29 heavy (non-hydrogen) atoms. The lowest BCUT2D eigenvalue weighted by atomic mass is 9.99. The zero-order chi connectivity index (χ0) is 21.3. The lowest BCUT2D eigenvalue weighted by molar-refractivity contribution is -0.148. The van der Waals surface area contributed by atoms with Crippen LogP contribution in [0.2, 0.25) is 0 Å². The molecule has 2 aromatic heterocycles. The summed E-state index contributed by atoms with van der Waals surface area (Å²) in [6, 6.07) is 4.14. The van der Waals surface area contributed by atoms with Gasteiger partial charge in [0, 0.05) is 23.3 Å². The van der Waals surface area contributed by atoms with Crippen molar-refractivity contribution in [3.8, 4) is 6.07 Å². The number of aromatic amines is 1. The van der Waals surface area contributed by atoms with Gasteiger partial charge in [0.15, 0.2) is 0 Å². The topological polar surface area (TPSA) is 112 Å². The Morgan fingerprint density at radius 3 is 2.59 bits per heavy atom. The van der Waals surface area contributed by atoms with E-state index in [0.717, 1.165) is 12.1 Å². The summed E-state index contributed by atoms with van der Waals surface area (Å²) in [4.78, 5) is 34.5. The number of nitriles is 1. The summed E-state index contributed by atoms with van der Waals surface area (Å²) in [5.41, 5.74) is -2.08. The first kappa shape index (κ1) is 20.0. The second-order valence-corrected chi connectivity index (χ2v) is 6.36. The molecule has 10 heteroatoms. The van der Waals surface area contributed by atoms with Gasteiger partial charge in [-0.25, -0.2) is 14.4 Å². The number of H-pyrrole nitrogens is 1. The molecule has 148 valence electrons. The number of rotatable bonds is 4. The van der Waals surface area contributed by atoms with Gasteiger partial charge in [0.2, 0.25) is 0 Å². The van der Waals surface area contributed by atoms with Crippen LogP contribution in [0.1, 0.15) is 35.5 Å². The molecule has 3 rings (SSSR count). The Kier molecular flexibility index (Phi) is 5.07. The number of halogens is 3. The number of aryl methyl sites for hydroxylation is 1. The van der Waals surface area contributed by atoms with Gasteiger partial charge in [-0.15, -0.1) is 0 Å². The molecule has 1 atom stereocenters. The number of carbonyl (C=O) groups excluding carboxylic acids is 1. The molecule has 0 unspecified atom stereocenters. The van der Waals surface area contributed by atoms with Gasteiger partial charge >= 0.3 is 5.92 Å². The third kappa shape index (κ3) is 3.67. The van der Waals surface area contributed by atoms with E-state index in [0.29, 0.717) is 0 Å². The minimum atomic E-state index is -4.20. The highest BCUT2D eigenvalue weighted by molar-refractivity contribution is 5.89. The number of carbonyl (C=O) groups is 1. The Morgan fingerprint density at radius 1 is 1.31 bits per heavy atom. The number of nitrogens with one attached hydrogen (secondary N) is 2. The van der Waals surface area contributed by atoms with Gasteiger partial charge in [-0.2, -0.15) is 14.0 Å². The third-order valence-electron chi connectivity index (χ3n) is 4.37. The van der Waals surface area contributed by atoms with Crippen molar-refractivity contribution in [2.24, 2.45) is 0 Å². The van der Waals surface area contributed by atoms with Crippen LogP contribution in [-0.2, 0) is 10.7 Å². The van der Waals surface area contributed by atoms with E-state index in [1.807, 2.05) is 6.07 Å². The van der Waals surface area contributed by atoms with Crippen LogP contribution in [0.5, 0.6) is 0 Å². The van der Waals surface area contributed by atoms with Crippen LogP contribution in [0.3, 0.4) is 0 Å². The number of hydrogen-bond acceptors (Lipinski definition) is 5. The molecule has 1 aromatic carbocycles. The molecule has 0 aliphatic carbocycles. The Morgan fingerprint density at radius 2 is 1.97 bits per heavy atom. The maximum Gasteiger partial charge on any atom is 0.355 e. The van der Waals surface area contributed by atoms with Gasteiger partial charge < -0.3 is 10.3 Å². The molecule has 0 aliphatic rings. The minimum Gasteiger partial charge on any atom is -0.341 e. The first-order valence-corrected chi connectivity index (χ1v) is 8.38. The van der Waals surface area contributed by atoms with E-state index in [1.54, 1.807) is 0 Å². The molecule has 2 N–H and O–H groups in total. The highest BCUT2D eigenvalue weighted by Crippen LogP contribution is 2.32. The molecule has 0 saturated carbocycles.